The van der Waals surface area contributed by atoms with Crippen LogP contribution in [0.2, 0.25) is 0 Å². The second kappa shape index (κ2) is 7.84. The molecule has 6 aromatic rings. The average Bonchev–Trinajstić information content (AvgIpc) is 3.38. The van der Waals surface area contributed by atoms with Gasteiger partial charge in [0.05, 0.1) is 11.5 Å². The molecule has 4 aromatic heterocycles. The van der Waals surface area contributed by atoms with Crippen molar-refractivity contribution >= 4 is 73.4 Å². The number of rotatable bonds is 6. The van der Waals surface area contributed by atoms with Crippen LogP contribution in [0.4, 0.5) is 0 Å². The van der Waals surface area contributed by atoms with E-state index in [0.29, 0.717) is 21.6 Å². The highest BCUT2D eigenvalue weighted by Crippen LogP contribution is 2.25. The third kappa shape index (κ3) is 3.45. The molecule has 0 radical (unpaired) electrons. The molecule has 0 saturated carbocycles. The van der Waals surface area contributed by atoms with Gasteiger partial charge in [-0.05, 0) is 12.1 Å². The number of fused-ring (bicyclic) bond motifs is 6. The van der Waals surface area contributed by atoms with E-state index in [0.717, 1.165) is 32.8 Å². The van der Waals surface area contributed by atoms with Gasteiger partial charge in [0, 0.05) is 21.8 Å². The summed E-state index contributed by atoms with van der Waals surface area (Å²) in [5.41, 5.74) is 4.69. The number of aromatic amines is 2. The zero-order valence-electron chi connectivity index (χ0n) is 16.4. The van der Waals surface area contributed by atoms with E-state index in [1.165, 1.54) is 23.5 Å². The quantitative estimate of drug-likeness (QED) is 0.359. The van der Waals surface area contributed by atoms with Crippen LogP contribution in [0.3, 0.4) is 0 Å². The number of hydrogen-bond acceptors (Lipinski definition) is 9. The summed E-state index contributed by atoms with van der Waals surface area (Å²) in [7, 11) is 0. The number of nitrogens with one attached hydrogen (secondary N) is 2. The standard InChI is InChI=1S/C21H14N8OS2/c30-11(9-31-20-24-18-16(26-28-20)12-5-1-3-7-14(12)22-18)10-32-21-25-19-17(27-29-21)13-6-2-4-8-15(13)23-19/h1-8H,9-10H2,(H,22,24,28)(H,23,25,29). The minimum Gasteiger partial charge on any atom is -0.338 e. The minimum atomic E-state index is 0.0284. The summed E-state index contributed by atoms with van der Waals surface area (Å²) in [5, 5.41) is 19.7. The van der Waals surface area contributed by atoms with Crippen LogP contribution < -0.4 is 0 Å². The maximum atomic E-state index is 12.4. The van der Waals surface area contributed by atoms with E-state index in [9.17, 15) is 4.79 Å². The normalized spacial score (nSPS) is 11.8. The molecule has 0 saturated heterocycles. The number of thioether (sulfide) groups is 2. The zero-order valence-corrected chi connectivity index (χ0v) is 18.1. The van der Waals surface area contributed by atoms with Gasteiger partial charge in [-0.25, -0.2) is 9.97 Å². The van der Waals surface area contributed by atoms with E-state index in [-0.39, 0.29) is 17.3 Å². The molecule has 0 atom stereocenters. The Morgan fingerprint density at radius 3 is 1.66 bits per heavy atom. The van der Waals surface area contributed by atoms with Crippen molar-refractivity contribution < 1.29 is 4.79 Å². The number of carbonyl (C=O) groups excluding carboxylic acids is 1. The van der Waals surface area contributed by atoms with Gasteiger partial charge in [-0.2, -0.15) is 0 Å². The number of para-hydroxylation sites is 2. The summed E-state index contributed by atoms with van der Waals surface area (Å²) < 4.78 is 0. The second-order valence-electron chi connectivity index (χ2n) is 7.04. The Morgan fingerprint density at radius 2 is 1.16 bits per heavy atom. The average molecular weight is 459 g/mol. The monoisotopic (exact) mass is 458 g/mol. The number of H-pyrrole nitrogens is 2. The van der Waals surface area contributed by atoms with E-state index < -0.39 is 0 Å². The lowest BCUT2D eigenvalue weighted by Gasteiger charge is -2.00. The summed E-state index contributed by atoms with van der Waals surface area (Å²) >= 11 is 2.53. The van der Waals surface area contributed by atoms with Crippen LogP contribution in [0.1, 0.15) is 0 Å². The number of benzene rings is 2. The first-order chi connectivity index (χ1) is 15.7. The number of carbonyl (C=O) groups is 1. The molecule has 2 aromatic carbocycles. The Balaban J connectivity index is 1.11. The first-order valence-corrected chi connectivity index (χ1v) is 11.7. The molecule has 4 heterocycles. The van der Waals surface area contributed by atoms with E-state index >= 15 is 0 Å². The van der Waals surface area contributed by atoms with Crippen molar-refractivity contribution in [2.75, 3.05) is 11.5 Å². The molecule has 0 aliphatic heterocycles. The Morgan fingerprint density at radius 1 is 0.688 bits per heavy atom. The van der Waals surface area contributed by atoms with Crippen molar-refractivity contribution in [3.05, 3.63) is 48.5 Å². The molecule has 11 heteroatoms. The van der Waals surface area contributed by atoms with Crippen LogP contribution in [0, 0.1) is 0 Å². The molecule has 0 aliphatic carbocycles. The summed E-state index contributed by atoms with van der Waals surface area (Å²) in [6, 6.07) is 15.7. The molecule has 2 N–H and O–H groups in total. The van der Waals surface area contributed by atoms with Gasteiger partial charge in [0.25, 0.3) is 0 Å². The van der Waals surface area contributed by atoms with Gasteiger partial charge in [-0.1, -0.05) is 59.9 Å². The molecule has 0 amide bonds. The molecule has 0 aliphatic rings. The van der Waals surface area contributed by atoms with E-state index in [1.54, 1.807) is 0 Å². The SMILES string of the molecule is O=C(CSc1nnc2c(n1)[nH]c1ccccc12)CSc1nnc2c(n1)[nH]c1ccccc12. The topological polar surface area (TPSA) is 126 Å². The molecular formula is C21H14N8OS2. The summed E-state index contributed by atoms with van der Waals surface area (Å²) in [5.74, 6) is 0.506. The maximum absolute atomic E-state index is 12.4. The first-order valence-electron chi connectivity index (χ1n) is 9.74. The van der Waals surface area contributed by atoms with Gasteiger partial charge >= 0.3 is 0 Å². The van der Waals surface area contributed by atoms with Crippen molar-refractivity contribution in [1.29, 1.82) is 0 Å². The van der Waals surface area contributed by atoms with Gasteiger partial charge in [0.15, 0.2) is 17.1 Å². The Bertz CT molecular complexity index is 1510. The van der Waals surface area contributed by atoms with Gasteiger partial charge in [-0.3, -0.25) is 4.79 Å². The minimum absolute atomic E-state index is 0.0284. The number of nitrogens with zero attached hydrogens (tertiary/aromatic N) is 6. The smallest absolute Gasteiger partial charge is 0.211 e. The van der Waals surface area contributed by atoms with Crippen molar-refractivity contribution in [3.63, 3.8) is 0 Å². The lowest BCUT2D eigenvalue weighted by Crippen LogP contribution is -2.06. The van der Waals surface area contributed by atoms with Crippen molar-refractivity contribution in [3.8, 4) is 0 Å². The third-order valence-corrected chi connectivity index (χ3v) is 6.72. The fourth-order valence-electron chi connectivity index (χ4n) is 3.47. The lowest BCUT2D eigenvalue weighted by molar-refractivity contribution is -0.114. The van der Waals surface area contributed by atoms with Crippen molar-refractivity contribution in [1.82, 2.24) is 40.3 Å². The molecule has 6 rings (SSSR count). The summed E-state index contributed by atoms with van der Waals surface area (Å²) in [6.07, 6.45) is 0. The number of aromatic nitrogens is 8. The Hall–Kier alpha value is -3.57. The first kappa shape index (κ1) is 19.1. The molecule has 156 valence electrons. The predicted molar refractivity (Wildman–Crippen MR) is 125 cm³/mol. The van der Waals surface area contributed by atoms with Crippen LogP contribution in [-0.4, -0.2) is 57.6 Å². The van der Waals surface area contributed by atoms with Gasteiger partial charge < -0.3 is 9.97 Å². The maximum Gasteiger partial charge on any atom is 0.211 e. The van der Waals surface area contributed by atoms with Crippen molar-refractivity contribution in [2.45, 2.75) is 10.3 Å². The molecule has 0 fully saturated rings. The third-order valence-electron chi connectivity index (χ3n) is 4.93. The molecule has 32 heavy (non-hydrogen) atoms. The fourth-order valence-corrected chi connectivity index (χ4v) is 4.89. The predicted octanol–water partition coefficient (Wildman–Crippen LogP) is 3.78. The highest BCUT2D eigenvalue weighted by atomic mass is 32.2. The molecule has 9 nitrogen and oxygen atoms in total. The second-order valence-corrected chi connectivity index (χ2v) is 8.93. The zero-order chi connectivity index (χ0) is 21.5. The summed E-state index contributed by atoms with van der Waals surface area (Å²) in [6.45, 7) is 0. The van der Waals surface area contributed by atoms with E-state index in [2.05, 4.69) is 40.3 Å². The van der Waals surface area contributed by atoms with Gasteiger partial charge in [-0.15, -0.1) is 20.4 Å². The van der Waals surface area contributed by atoms with Crippen LogP contribution in [0.15, 0.2) is 58.8 Å². The van der Waals surface area contributed by atoms with Crippen LogP contribution >= 0.6 is 23.5 Å². The lowest BCUT2D eigenvalue weighted by atomic mass is 10.2. The van der Waals surface area contributed by atoms with Gasteiger partial charge in [0.2, 0.25) is 10.3 Å². The summed E-state index contributed by atoms with van der Waals surface area (Å²) in [4.78, 5) is 27.8. The highest BCUT2D eigenvalue weighted by molar-refractivity contribution is 8.01. The van der Waals surface area contributed by atoms with Crippen LogP contribution in [0.25, 0.3) is 44.1 Å². The fraction of sp³-hybridized carbons (Fsp3) is 0.0952. The van der Waals surface area contributed by atoms with E-state index in [1.807, 2.05) is 48.5 Å². The van der Waals surface area contributed by atoms with Crippen LogP contribution in [-0.2, 0) is 4.79 Å². The molecular weight excluding hydrogens is 444 g/mol. The van der Waals surface area contributed by atoms with E-state index in [4.69, 9.17) is 0 Å². The molecule has 0 bridgehead atoms. The Labute approximate surface area is 188 Å². The Kier molecular flexibility index (Phi) is 4.69. The number of ketones is 1. The number of Topliss-reactive ketones (excluding diaryl/α,β-unsaturated/α-hetero) is 1. The molecule has 0 spiro atoms. The molecule has 0 unspecified atom stereocenters. The van der Waals surface area contributed by atoms with Crippen molar-refractivity contribution in [2.24, 2.45) is 0 Å². The number of hydrogen-bond donors (Lipinski definition) is 2. The largest absolute Gasteiger partial charge is 0.338 e. The van der Waals surface area contributed by atoms with Gasteiger partial charge in [0.1, 0.15) is 11.0 Å². The van der Waals surface area contributed by atoms with Crippen LogP contribution in [0.5, 0.6) is 0 Å². The highest BCUT2D eigenvalue weighted by Gasteiger charge is 2.13.